The number of hydrogen-bond donors (Lipinski definition) is 0. The van der Waals surface area contributed by atoms with Crippen LogP contribution in [0.4, 0.5) is 13.2 Å². The molecule has 2 nitrogen and oxygen atoms in total. The standard InChI is InChI=1S/C12H7ClF3O2P/c1-4-2-6(12(13)17)10(18-4)5-3-7(14)9(16)11(19)8(5)15/h2-3H,19H2,1H3. The highest BCUT2D eigenvalue weighted by Crippen LogP contribution is 2.31. The monoisotopic (exact) mass is 306 g/mol. The van der Waals surface area contributed by atoms with Gasteiger partial charge in [-0.05, 0) is 30.7 Å². The van der Waals surface area contributed by atoms with Gasteiger partial charge in [-0.25, -0.2) is 13.2 Å². The van der Waals surface area contributed by atoms with E-state index >= 15 is 0 Å². The van der Waals surface area contributed by atoms with Crippen LogP contribution in [0.2, 0.25) is 0 Å². The fourth-order valence-electron chi connectivity index (χ4n) is 1.65. The van der Waals surface area contributed by atoms with Gasteiger partial charge in [-0.15, -0.1) is 0 Å². The van der Waals surface area contributed by atoms with Gasteiger partial charge >= 0.3 is 0 Å². The van der Waals surface area contributed by atoms with Gasteiger partial charge in [0.25, 0.3) is 5.24 Å². The molecule has 1 atom stereocenters. The molecule has 1 unspecified atom stereocenters. The van der Waals surface area contributed by atoms with Crippen molar-refractivity contribution in [1.29, 1.82) is 0 Å². The van der Waals surface area contributed by atoms with Gasteiger partial charge in [-0.2, -0.15) is 0 Å². The molecule has 7 heteroatoms. The molecule has 2 rings (SSSR count). The number of aryl methyl sites for hydroxylation is 1. The molecular formula is C12H7ClF3O2P. The summed E-state index contributed by atoms with van der Waals surface area (Å²) >= 11 is 5.34. The van der Waals surface area contributed by atoms with Crippen LogP contribution in [0.1, 0.15) is 16.1 Å². The molecule has 1 heterocycles. The first-order valence-electron chi connectivity index (χ1n) is 5.06. The Morgan fingerprint density at radius 3 is 2.47 bits per heavy atom. The van der Waals surface area contributed by atoms with Gasteiger partial charge in [-0.3, -0.25) is 4.79 Å². The molecule has 19 heavy (non-hydrogen) atoms. The summed E-state index contributed by atoms with van der Waals surface area (Å²) < 4.78 is 45.6. The lowest BCUT2D eigenvalue weighted by atomic mass is 10.1. The van der Waals surface area contributed by atoms with Crippen LogP contribution in [-0.4, -0.2) is 5.24 Å². The normalized spacial score (nSPS) is 10.8. The van der Waals surface area contributed by atoms with Gasteiger partial charge in [0.2, 0.25) is 0 Å². The Morgan fingerprint density at radius 1 is 1.26 bits per heavy atom. The van der Waals surface area contributed by atoms with Crippen LogP contribution in [0.3, 0.4) is 0 Å². The molecule has 0 bridgehead atoms. The van der Waals surface area contributed by atoms with Crippen molar-refractivity contribution in [1.82, 2.24) is 0 Å². The van der Waals surface area contributed by atoms with Crippen molar-refractivity contribution in [2.75, 3.05) is 0 Å². The summed E-state index contributed by atoms with van der Waals surface area (Å²) in [6.45, 7) is 1.52. The van der Waals surface area contributed by atoms with Crippen molar-refractivity contribution in [2.24, 2.45) is 0 Å². The van der Waals surface area contributed by atoms with Crippen molar-refractivity contribution in [3.8, 4) is 11.3 Å². The average molecular weight is 307 g/mol. The average Bonchev–Trinajstić information content (AvgIpc) is 2.73. The van der Waals surface area contributed by atoms with Crippen LogP contribution in [0.15, 0.2) is 16.5 Å². The lowest BCUT2D eigenvalue weighted by molar-refractivity contribution is 0.108. The number of carbonyl (C=O) groups is 1. The minimum Gasteiger partial charge on any atom is -0.460 e. The summed E-state index contributed by atoms with van der Waals surface area (Å²) in [5.74, 6) is -3.51. The Labute approximate surface area is 113 Å². The summed E-state index contributed by atoms with van der Waals surface area (Å²) in [5.41, 5.74) is -0.463. The van der Waals surface area contributed by atoms with Crippen molar-refractivity contribution in [3.63, 3.8) is 0 Å². The Morgan fingerprint density at radius 2 is 1.89 bits per heavy atom. The summed E-state index contributed by atoms with van der Waals surface area (Å²) in [4.78, 5) is 11.2. The molecule has 0 aliphatic carbocycles. The Hall–Kier alpha value is -1.32. The summed E-state index contributed by atoms with van der Waals surface area (Å²) in [5, 5.41) is -1.45. The maximum absolute atomic E-state index is 13.9. The highest BCUT2D eigenvalue weighted by Gasteiger charge is 2.23. The third-order valence-corrected chi connectivity index (χ3v) is 3.21. The predicted octanol–water partition coefficient (Wildman–Crippen LogP) is 3.55. The largest absolute Gasteiger partial charge is 0.460 e. The molecule has 0 radical (unpaired) electrons. The van der Waals surface area contributed by atoms with E-state index in [1.54, 1.807) is 9.24 Å². The molecule has 1 aromatic heterocycles. The molecule has 2 aromatic rings. The van der Waals surface area contributed by atoms with Gasteiger partial charge in [0, 0.05) is 5.30 Å². The first kappa shape index (κ1) is 14.1. The highest BCUT2D eigenvalue weighted by atomic mass is 35.5. The van der Waals surface area contributed by atoms with Crippen LogP contribution >= 0.6 is 20.8 Å². The molecular weight excluding hydrogens is 300 g/mol. The fourth-order valence-corrected chi connectivity index (χ4v) is 2.08. The quantitative estimate of drug-likeness (QED) is 0.482. The maximum Gasteiger partial charge on any atom is 0.256 e. The minimum absolute atomic E-state index is 0.103. The second-order valence-electron chi connectivity index (χ2n) is 3.82. The zero-order valence-electron chi connectivity index (χ0n) is 9.56. The minimum atomic E-state index is -1.31. The van der Waals surface area contributed by atoms with E-state index in [1.807, 2.05) is 0 Å². The van der Waals surface area contributed by atoms with Gasteiger partial charge in [0.05, 0.1) is 11.1 Å². The van der Waals surface area contributed by atoms with Crippen LogP contribution in [0.25, 0.3) is 11.3 Å². The van der Waals surface area contributed by atoms with Crippen molar-refractivity contribution >= 4 is 31.4 Å². The zero-order chi connectivity index (χ0) is 14.3. The summed E-state index contributed by atoms with van der Waals surface area (Å²) in [7, 11) is 1.76. The molecule has 0 N–H and O–H groups in total. The molecule has 0 amide bonds. The van der Waals surface area contributed by atoms with E-state index in [2.05, 4.69) is 0 Å². The number of benzene rings is 1. The van der Waals surface area contributed by atoms with Gasteiger partial charge in [0.1, 0.15) is 17.3 Å². The van der Waals surface area contributed by atoms with E-state index in [0.29, 0.717) is 11.8 Å². The van der Waals surface area contributed by atoms with E-state index in [0.717, 1.165) is 0 Å². The summed E-state index contributed by atoms with van der Waals surface area (Å²) in [6, 6.07) is 1.92. The van der Waals surface area contributed by atoms with E-state index in [9.17, 15) is 18.0 Å². The van der Waals surface area contributed by atoms with E-state index < -0.39 is 28.0 Å². The smallest absolute Gasteiger partial charge is 0.256 e. The Kier molecular flexibility index (Phi) is 3.70. The topological polar surface area (TPSA) is 30.2 Å². The number of carbonyl (C=O) groups excluding carboxylic acids is 1. The van der Waals surface area contributed by atoms with Crippen LogP contribution < -0.4 is 5.30 Å². The molecule has 0 aliphatic heterocycles. The molecule has 0 saturated carbocycles. The highest BCUT2D eigenvalue weighted by molar-refractivity contribution is 7.27. The van der Waals surface area contributed by atoms with Crippen molar-refractivity contribution in [2.45, 2.75) is 6.92 Å². The number of halogens is 4. The van der Waals surface area contributed by atoms with E-state index in [-0.39, 0.29) is 16.9 Å². The lowest BCUT2D eigenvalue weighted by Gasteiger charge is -2.06. The maximum atomic E-state index is 13.9. The second kappa shape index (κ2) is 4.99. The van der Waals surface area contributed by atoms with Crippen molar-refractivity contribution < 1.29 is 22.4 Å². The van der Waals surface area contributed by atoms with Crippen LogP contribution in [0, 0.1) is 24.4 Å². The third-order valence-electron chi connectivity index (χ3n) is 2.50. The first-order valence-corrected chi connectivity index (χ1v) is 6.02. The summed E-state index contributed by atoms with van der Waals surface area (Å²) in [6.07, 6.45) is 0. The van der Waals surface area contributed by atoms with Crippen LogP contribution in [0.5, 0.6) is 0 Å². The first-order chi connectivity index (χ1) is 8.82. The molecule has 0 fully saturated rings. The number of hydrogen-bond acceptors (Lipinski definition) is 2. The van der Waals surface area contributed by atoms with Gasteiger partial charge < -0.3 is 4.42 Å². The van der Waals surface area contributed by atoms with Crippen molar-refractivity contribution in [3.05, 3.63) is 40.9 Å². The molecule has 1 aromatic carbocycles. The molecule has 100 valence electrons. The molecule has 0 saturated heterocycles. The number of furan rings is 1. The van der Waals surface area contributed by atoms with E-state index in [1.165, 1.54) is 13.0 Å². The van der Waals surface area contributed by atoms with E-state index in [4.69, 9.17) is 16.0 Å². The van der Waals surface area contributed by atoms with Gasteiger partial charge in [-0.1, -0.05) is 9.24 Å². The number of rotatable bonds is 2. The third kappa shape index (κ3) is 2.40. The molecule has 0 spiro atoms. The predicted molar refractivity (Wildman–Crippen MR) is 68.3 cm³/mol. The zero-order valence-corrected chi connectivity index (χ0v) is 11.5. The Balaban J connectivity index is 2.76. The lowest BCUT2D eigenvalue weighted by Crippen LogP contribution is -2.10. The SMILES string of the molecule is Cc1cc(C(=O)Cl)c(-c2cc(F)c(F)c(P)c2F)o1. The Bertz CT molecular complexity index is 682. The van der Waals surface area contributed by atoms with Gasteiger partial charge in [0.15, 0.2) is 11.6 Å². The molecule has 0 aliphatic rings. The fraction of sp³-hybridized carbons (Fsp3) is 0.0833. The van der Waals surface area contributed by atoms with Crippen LogP contribution in [-0.2, 0) is 0 Å². The second-order valence-corrected chi connectivity index (χ2v) is 4.74.